The number of benzene rings is 1. The number of aromatic nitrogens is 2. The number of rotatable bonds is 8. The molecule has 1 amide bonds. The van der Waals surface area contributed by atoms with Crippen molar-refractivity contribution in [2.45, 2.75) is 52.4 Å². The summed E-state index contributed by atoms with van der Waals surface area (Å²) in [6.45, 7) is 5.86. The molecule has 1 aromatic carbocycles. The van der Waals surface area contributed by atoms with Gasteiger partial charge < -0.3 is 15.2 Å². The van der Waals surface area contributed by atoms with E-state index in [1.165, 1.54) is 0 Å². The van der Waals surface area contributed by atoms with Crippen LogP contribution < -0.4 is 10.1 Å². The summed E-state index contributed by atoms with van der Waals surface area (Å²) in [6.07, 6.45) is 4.05. The smallest absolute Gasteiger partial charge is 0.272 e. The number of imidazole rings is 1. The molecule has 2 N–H and O–H groups in total. The topological polar surface area (TPSA) is 75.9 Å². The molecule has 148 valence electrons. The van der Waals surface area contributed by atoms with Crippen molar-refractivity contribution in [1.82, 2.24) is 14.7 Å². The Morgan fingerprint density at radius 1 is 1.25 bits per heavy atom. The van der Waals surface area contributed by atoms with E-state index in [1.807, 2.05) is 49.4 Å². The highest BCUT2D eigenvalue weighted by Gasteiger charge is 2.26. The molecule has 0 unspecified atom stereocenters. The third kappa shape index (κ3) is 4.51. The van der Waals surface area contributed by atoms with Crippen LogP contribution in [0.3, 0.4) is 0 Å². The van der Waals surface area contributed by atoms with E-state index in [1.54, 1.807) is 24.4 Å². The van der Waals surface area contributed by atoms with E-state index in [9.17, 15) is 9.90 Å². The number of aryl methyl sites for hydroxylation is 1. The summed E-state index contributed by atoms with van der Waals surface area (Å²) in [7, 11) is 0. The highest BCUT2D eigenvalue weighted by Crippen LogP contribution is 2.23. The van der Waals surface area contributed by atoms with Crippen molar-refractivity contribution in [1.29, 1.82) is 0 Å². The number of ether oxygens (including phenoxy) is 1. The fourth-order valence-corrected chi connectivity index (χ4v) is 3.16. The van der Waals surface area contributed by atoms with Gasteiger partial charge in [0.25, 0.3) is 5.91 Å². The molecule has 6 heteroatoms. The number of aliphatic hydroxyl groups is 1. The summed E-state index contributed by atoms with van der Waals surface area (Å²) in [4.78, 5) is 17.4. The van der Waals surface area contributed by atoms with E-state index in [0.29, 0.717) is 35.8 Å². The number of unbranched alkanes of at least 4 members (excludes halogenated alkanes) is 1. The minimum atomic E-state index is -1.26. The normalized spacial score (nSPS) is 13.3. The van der Waals surface area contributed by atoms with Crippen molar-refractivity contribution in [3.05, 3.63) is 65.6 Å². The molecule has 0 aliphatic rings. The van der Waals surface area contributed by atoms with Gasteiger partial charge >= 0.3 is 0 Å². The van der Waals surface area contributed by atoms with Gasteiger partial charge in [0.05, 0.1) is 5.69 Å². The Hall–Kier alpha value is -2.86. The Kier molecular flexibility index (Phi) is 5.99. The van der Waals surface area contributed by atoms with Crippen LogP contribution >= 0.6 is 0 Å². The molecule has 2 heterocycles. The number of hydrogen-bond acceptors (Lipinski definition) is 4. The predicted molar refractivity (Wildman–Crippen MR) is 108 cm³/mol. The van der Waals surface area contributed by atoms with E-state index >= 15 is 0 Å². The molecular weight excluding hydrogens is 354 g/mol. The number of nitrogens with zero attached hydrogens (tertiary/aromatic N) is 2. The first kappa shape index (κ1) is 19.9. The standard InChI is InChI=1S/C22H27N3O3/c1-4-5-13-22(3,27)24-21(26)19-16(2)23-20-18(12-9-14-25(19)20)28-15-17-10-7-6-8-11-17/h6-12,14,27H,4-5,13,15H2,1-3H3,(H,24,26)/t22-/m1/s1. The maximum atomic E-state index is 12.8. The second kappa shape index (κ2) is 8.44. The fraction of sp³-hybridized carbons (Fsp3) is 0.364. The van der Waals surface area contributed by atoms with Crippen molar-refractivity contribution < 1.29 is 14.6 Å². The van der Waals surface area contributed by atoms with Gasteiger partial charge in [-0.05, 0) is 44.4 Å². The number of carbonyl (C=O) groups excluding carboxylic acids is 1. The van der Waals surface area contributed by atoms with Crippen LogP contribution in [-0.4, -0.2) is 26.1 Å². The van der Waals surface area contributed by atoms with Crippen molar-refractivity contribution in [3.63, 3.8) is 0 Å². The quantitative estimate of drug-likeness (QED) is 0.581. The molecule has 1 atom stereocenters. The Morgan fingerprint density at radius 2 is 2.00 bits per heavy atom. The van der Waals surface area contributed by atoms with E-state index in [0.717, 1.165) is 18.4 Å². The van der Waals surface area contributed by atoms with Gasteiger partial charge in [0.1, 0.15) is 18.0 Å². The summed E-state index contributed by atoms with van der Waals surface area (Å²) in [6, 6.07) is 13.5. The van der Waals surface area contributed by atoms with Crippen molar-refractivity contribution in [2.75, 3.05) is 0 Å². The average Bonchev–Trinajstić information content (AvgIpc) is 3.01. The highest BCUT2D eigenvalue weighted by atomic mass is 16.5. The molecule has 0 saturated carbocycles. The lowest BCUT2D eigenvalue weighted by atomic mass is 10.1. The van der Waals surface area contributed by atoms with Crippen LogP contribution in [0.4, 0.5) is 0 Å². The Bertz CT molecular complexity index is 948. The number of pyridine rings is 1. The van der Waals surface area contributed by atoms with Gasteiger partial charge in [-0.3, -0.25) is 9.20 Å². The summed E-state index contributed by atoms with van der Waals surface area (Å²) in [5.41, 5.74) is 1.36. The highest BCUT2D eigenvalue weighted by molar-refractivity contribution is 5.95. The van der Waals surface area contributed by atoms with Crippen LogP contribution in [0.1, 0.15) is 54.9 Å². The molecule has 6 nitrogen and oxygen atoms in total. The minimum absolute atomic E-state index is 0.355. The van der Waals surface area contributed by atoms with E-state index in [4.69, 9.17) is 4.74 Å². The van der Waals surface area contributed by atoms with E-state index < -0.39 is 5.72 Å². The monoisotopic (exact) mass is 381 g/mol. The molecule has 0 saturated heterocycles. The van der Waals surface area contributed by atoms with Crippen molar-refractivity contribution in [2.24, 2.45) is 0 Å². The van der Waals surface area contributed by atoms with Crippen LogP contribution in [0.25, 0.3) is 5.65 Å². The van der Waals surface area contributed by atoms with Gasteiger partial charge in [-0.25, -0.2) is 4.98 Å². The third-order valence-corrected chi connectivity index (χ3v) is 4.64. The Balaban J connectivity index is 1.84. The van der Waals surface area contributed by atoms with Gasteiger partial charge in [-0.2, -0.15) is 0 Å². The van der Waals surface area contributed by atoms with Gasteiger partial charge in [-0.1, -0.05) is 43.7 Å². The second-order valence-electron chi connectivity index (χ2n) is 7.22. The molecule has 3 rings (SSSR count). The Labute approximate surface area is 165 Å². The molecule has 0 fully saturated rings. The summed E-state index contributed by atoms with van der Waals surface area (Å²) >= 11 is 0. The number of nitrogens with one attached hydrogen (secondary N) is 1. The zero-order valence-corrected chi connectivity index (χ0v) is 16.6. The number of carbonyl (C=O) groups is 1. The van der Waals surface area contributed by atoms with Crippen LogP contribution in [0, 0.1) is 6.92 Å². The molecule has 2 aromatic heterocycles. The SMILES string of the molecule is CCCC[C@@](C)(O)NC(=O)c1c(C)nc2c(OCc3ccccc3)cccn12. The first-order valence-corrected chi connectivity index (χ1v) is 9.60. The van der Waals surface area contributed by atoms with Crippen molar-refractivity contribution >= 4 is 11.6 Å². The Morgan fingerprint density at radius 3 is 2.71 bits per heavy atom. The van der Waals surface area contributed by atoms with E-state index in [2.05, 4.69) is 10.3 Å². The molecule has 0 spiro atoms. The first-order valence-electron chi connectivity index (χ1n) is 9.60. The molecular formula is C22H27N3O3. The maximum Gasteiger partial charge on any atom is 0.272 e. The molecule has 0 aliphatic carbocycles. The van der Waals surface area contributed by atoms with Crippen molar-refractivity contribution in [3.8, 4) is 5.75 Å². The van der Waals surface area contributed by atoms with Gasteiger partial charge in [0.2, 0.25) is 0 Å². The van der Waals surface area contributed by atoms with Crippen LogP contribution in [-0.2, 0) is 6.61 Å². The molecule has 28 heavy (non-hydrogen) atoms. The second-order valence-corrected chi connectivity index (χ2v) is 7.22. The van der Waals surface area contributed by atoms with Crippen LogP contribution in [0.2, 0.25) is 0 Å². The summed E-state index contributed by atoms with van der Waals surface area (Å²) in [5, 5.41) is 13.2. The third-order valence-electron chi connectivity index (χ3n) is 4.64. The first-order chi connectivity index (χ1) is 13.4. The van der Waals surface area contributed by atoms with Gasteiger partial charge in [0, 0.05) is 6.20 Å². The molecule has 0 aliphatic heterocycles. The number of hydrogen-bond donors (Lipinski definition) is 2. The summed E-state index contributed by atoms with van der Waals surface area (Å²) < 4.78 is 7.65. The van der Waals surface area contributed by atoms with Gasteiger partial charge in [-0.15, -0.1) is 0 Å². The fourth-order valence-electron chi connectivity index (χ4n) is 3.16. The van der Waals surface area contributed by atoms with Gasteiger partial charge in [0.15, 0.2) is 11.4 Å². The number of amides is 1. The predicted octanol–water partition coefficient (Wildman–Crippen LogP) is 3.85. The number of fused-ring (bicyclic) bond motifs is 1. The lowest BCUT2D eigenvalue weighted by molar-refractivity contribution is 0.0143. The van der Waals surface area contributed by atoms with E-state index in [-0.39, 0.29) is 5.91 Å². The maximum absolute atomic E-state index is 12.8. The largest absolute Gasteiger partial charge is 0.485 e. The lowest BCUT2D eigenvalue weighted by Crippen LogP contribution is -2.46. The summed E-state index contributed by atoms with van der Waals surface area (Å²) in [5.74, 6) is 0.248. The average molecular weight is 381 g/mol. The molecule has 3 aromatic rings. The zero-order valence-electron chi connectivity index (χ0n) is 16.6. The minimum Gasteiger partial charge on any atom is -0.485 e. The molecule has 0 radical (unpaired) electrons. The van der Waals surface area contributed by atoms with Crippen LogP contribution in [0.5, 0.6) is 5.75 Å². The lowest BCUT2D eigenvalue weighted by Gasteiger charge is -2.24. The molecule has 0 bridgehead atoms. The zero-order chi connectivity index (χ0) is 20.1. The van der Waals surface area contributed by atoms with Crippen LogP contribution in [0.15, 0.2) is 48.7 Å².